The first-order chi connectivity index (χ1) is 14.6. The molecule has 0 aliphatic carbocycles. The quantitative estimate of drug-likeness (QED) is 0.217. The second kappa shape index (κ2) is 8.27. The van der Waals surface area contributed by atoms with E-state index in [2.05, 4.69) is 35.8 Å². The molecule has 0 saturated heterocycles. The lowest BCUT2D eigenvalue weighted by molar-refractivity contribution is 0.403. The fourth-order valence-corrected chi connectivity index (χ4v) is 2.65. The molecule has 2 heterocycles. The van der Waals surface area contributed by atoms with E-state index < -0.39 is 0 Å². The predicted molar refractivity (Wildman–Crippen MR) is 112 cm³/mol. The molecule has 0 atom stereocenters. The molecule has 0 bridgehead atoms. The number of anilines is 3. The summed E-state index contributed by atoms with van der Waals surface area (Å²) in [6.45, 7) is 0. The molecule has 2 aromatic carbocycles. The van der Waals surface area contributed by atoms with Crippen molar-refractivity contribution in [3.8, 4) is 17.2 Å². The smallest absolute Gasteiger partial charge is 0.176 e. The zero-order valence-electron chi connectivity index (χ0n) is 15.8. The Bertz CT molecular complexity index is 1210. The number of hydrogen-bond donors (Lipinski definition) is 4. The summed E-state index contributed by atoms with van der Waals surface area (Å²) in [5.74, 6) is 1.23. The summed E-state index contributed by atoms with van der Waals surface area (Å²) in [5, 5.41) is 26.2. The van der Waals surface area contributed by atoms with Crippen molar-refractivity contribution in [1.29, 1.82) is 0 Å². The van der Waals surface area contributed by atoms with E-state index in [1.54, 1.807) is 13.2 Å². The molecule has 4 rings (SSSR count). The third-order valence-electron chi connectivity index (χ3n) is 4.16. The van der Waals surface area contributed by atoms with Gasteiger partial charge in [0, 0.05) is 5.69 Å². The van der Waals surface area contributed by atoms with Crippen molar-refractivity contribution in [2.75, 3.05) is 17.9 Å². The van der Waals surface area contributed by atoms with Gasteiger partial charge in [-0.1, -0.05) is 0 Å². The van der Waals surface area contributed by atoms with Crippen molar-refractivity contribution in [2.24, 2.45) is 5.10 Å². The highest BCUT2D eigenvalue weighted by Gasteiger charge is 2.10. The molecule has 0 amide bonds. The Kier molecular flexibility index (Phi) is 5.20. The second-order valence-electron chi connectivity index (χ2n) is 6.11. The van der Waals surface area contributed by atoms with Gasteiger partial charge in [0.2, 0.25) is 0 Å². The molecular weight excluding hydrogens is 386 g/mol. The number of fused-ring (bicyclic) bond motifs is 1. The minimum Gasteiger partial charge on any atom is -0.504 e. The maximum Gasteiger partial charge on any atom is 0.176 e. The first-order valence-corrected chi connectivity index (χ1v) is 8.82. The molecule has 30 heavy (non-hydrogen) atoms. The number of rotatable bonds is 6. The van der Waals surface area contributed by atoms with Crippen LogP contribution in [0.5, 0.6) is 17.2 Å². The number of hydrazone groups is 1. The van der Waals surface area contributed by atoms with Crippen molar-refractivity contribution in [3.63, 3.8) is 0 Å². The van der Waals surface area contributed by atoms with Crippen molar-refractivity contribution >= 4 is 34.6 Å². The molecule has 4 aromatic rings. The van der Waals surface area contributed by atoms with Crippen LogP contribution in [0.15, 0.2) is 60.2 Å². The highest BCUT2D eigenvalue weighted by atomic mass is 16.5. The minimum atomic E-state index is -0.228. The number of hydrogen-bond acceptors (Lipinski definition) is 10. The average molecular weight is 403 g/mol. The van der Waals surface area contributed by atoms with Crippen LogP contribution in [0.25, 0.3) is 11.0 Å². The zero-order chi connectivity index (χ0) is 20.9. The largest absolute Gasteiger partial charge is 0.504 e. The standard InChI is InChI=1S/C20H17N7O3/c1-30-14-5-3-13(4-6-14)26-19-17-18(22-10-23-19)20(24-11-21-17)27-25-9-12-2-7-15(28)16(29)8-12/h2-11,28-29H,1H3,(H,21,24,27)(H,22,23,26)/b25-9+. The second-order valence-corrected chi connectivity index (χ2v) is 6.11. The van der Waals surface area contributed by atoms with Crippen LogP contribution in [0.1, 0.15) is 5.56 Å². The fourth-order valence-electron chi connectivity index (χ4n) is 2.65. The van der Waals surface area contributed by atoms with Gasteiger partial charge in [0.1, 0.15) is 29.4 Å². The molecular formula is C20H17N7O3. The Balaban J connectivity index is 1.58. The molecule has 0 spiro atoms. The van der Waals surface area contributed by atoms with Gasteiger partial charge >= 0.3 is 0 Å². The number of aromatic nitrogens is 4. The van der Waals surface area contributed by atoms with Gasteiger partial charge in [-0.2, -0.15) is 5.10 Å². The number of aromatic hydroxyl groups is 2. The van der Waals surface area contributed by atoms with Crippen LogP contribution in [0.2, 0.25) is 0 Å². The van der Waals surface area contributed by atoms with Crippen LogP contribution in [0.4, 0.5) is 17.3 Å². The number of nitrogens with zero attached hydrogens (tertiary/aromatic N) is 5. The highest BCUT2D eigenvalue weighted by molar-refractivity contribution is 5.93. The Hall–Kier alpha value is -4.47. The third kappa shape index (κ3) is 4.02. The first kappa shape index (κ1) is 18.9. The van der Waals surface area contributed by atoms with E-state index in [0.717, 1.165) is 11.4 Å². The summed E-state index contributed by atoms with van der Waals surface area (Å²) < 4.78 is 5.17. The SMILES string of the molecule is COc1ccc(Nc2ncnc3c(N/N=C/c4ccc(O)c(O)c4)ncnc23)cc1. The normalized spacial score (nSPS) is 11.0. The maximum atomic E-state index is 9.56. The van der Waals surface area contributed by atoms with Gasteiger partial charge in [0.05, 0.1) is 13.3 Å². The van der Waals surface area contributed by atoms with E-state index in [4.69, 9.17) is 4.74 Å². The molecule has 2 aromatic heterocycles. The highest BCUT2D eigenvalue weighted by Crippen LogP contribution is 2.26. The lowest BCUT2D eigenvalue weighted by atomic mass is 10.2. The molecule has 0 aliphatic heterocycles. The van der Waals surface area contributed by atoms with Crippen LogP contribution in [0, 0.1) is 0 Å². The van der Waals surface area contributed by atoms with Crippen molar-refractivity contribution in [3.05, 3.63) is 60.7 Å². The van der Waals surface area contributed by atoms with E-state index in [9.17, 15) is 10.2 Å². The van der Waals surface area contributed by atoms with Gasteiger partial charge in [-0.3, -0.25) is 5.43 Å². The number of benzene rings is 2. The summed E-state index contributed by atoms with van der Waals surface area (Å²) in [6.07, 6.45) is 4.27. The van der Waals surface area contributed by atoms with Gasteiger partial charge in [0.15, 0.2) is 23.1 Å². The van der Waals surface area contributed by atoms with Gasteiger partial charge in [-0.25, -0.2) is 19.9 Å². The average Bonchev–Trinajstić information content (AvgIpc) is 2.77. The molecule has 150 valence electrons. The topological polar surface area (TPSA) is 138 Å². The Morgan fingerprint density at radius 2 is 1.57 bits per heavy atom. The van der Waals surface area contributed by atoms with Gasteiger partial charge in [-0.15, -0.1) is 0 Å². The van der Waals surface area contributed by atoms with Crippen LogP contribution < -0.4 is 15.5 Å². The van der Waals surface area contributed by atoms with E-state index in [1.165, 1.54) is 31.0 Å². The van der Waals surface area contributed by atoms with E-state index in [-0.39, 0.29) is 11.5 Å². The monoisotopic (exact) mass is 403 g/mol. The van der Waals surface area contributed by atoms with Crippen molar-refractivity contribution in [1.82, 2.24) is 19.9 Å². The van der Waals surface area contributed by atoms with Gasteiger partial charge < -0.3 is 20.3 Å². The van der Waals surface area contributed by atoms with E-state index in [1.807, 2.05) is 24.3 Å². The minimum absolute atomic E-state index is 0.199. The summed E-state index contributed by atoms with van der Waals surface area (Å²) in [4.78, 5) is 17.0. The van der Waals surface area contributed by atoms with E-state index >= 15 is 0 Å². The molecule has 0 radical (unpaired) electrons. The molecule has 10 heteroatoms. The lowest BCUT2D eigenvalue weighted by Crippen LogP contribution is -2.02. The summed E-state index contributed by atoms with van der Waals surface area (Å²) in [5.41, 5.74) is 5.22. The molecule has 0 unspecified atom stereocenters. The van der Waals surface area contributed by atoms with Crippen LogP contribution in [-0.2, 0) is 0 Å². The Labute approximate surface area is 171 Å². The fraction of sp³-hybridized carbons (Fsp3) is 0.0500. The molecule has 0 fully saturated rings. The van der Waals surface area contributed by atoms with Crippen molar-refractivity contribution in [2.45, 2.75) is 0 Å². The molecule has 0 aliphatic rings. The molecule has 4 N–H and O–H groups in total. The van der Waals surface area contributed by atoms with Crippen LogP contribution in [-0.4, -0.2) is 43.5 Å². The first-order valence-electron chi connectivity index (χ1n) is 8.82. The third-order valence-corrected chi connectivity index (χ3v) is 4.16. The molecule has 0 saturated carbocycles. The lowest BCUT2D eigenvalue weighted by Gasteiger charge is -2.09. The van der Waals surface area contributed by atoms with Gasteiger partial charge in [0.25, 0.3) is 0 Å². The van der Waals surface area contributed by atoms with Crippen molar-refractivity contribution < 1.29 is 14.9 Å². The Morgan fingerprint density at radius 3 is 2.27 bits per heavy atom. The Morgan fingerprint density at radius 1 is 0.867 bits per heavy atom. The zero-order valence-corrected chi connectivity index (χ0v) is 15.8. The van der Waals surface area contributed by atoms with Crippen LogP contribution >= 0.6 is 0 Å². The number of ether oxygens (including phenoxy) is 1. The summed E-state index contributed by atoms with van der Waals surface area (Å²) in [7, 11) is 1.61. The van der Waals surface area contributed by atoms with Crippen LogP contribution in [0.3, 0.4) is 0 Å². The summed E-state index contributed by atoms with van der Waals surface area (Å²) in [6, 6.07) is 11.8. The van der Waals surface area contributed by atoms with Gasteiger partial charge in [-0.05, 0) is 48.0 Å². The number of methoxy groups -OCH3 is 1. The van der Waals surface area contributed by atoms with E-state index in [0.29, 0.717) is 28.2 Å². The molecule has 10 nitrogen and oxygen atoms in total. The number of phenolic OH excluding ortho intramolecular Hbond substituents is 2. The number of nitrogens with one attached hydrogen (secondary N) is 2. The number of phenols is 2. The predicted octanol–water partition coefficient (Wildman–Crippen LogP) is 3.03. The maximum absolute atomic E-state index is 9.56. The summed E-state index contributed by atoms with van der Waals surface area (Å²) >= 11 is 0.